The lowest BCUT2D eigenvalue weighted by molar-refractivity contribution is -0.00559. The number of alkyl halides is 1. The SMILES string of the molecule is COc1ccccc1C(CBr)OC1CCOC1. The van der Waals surface area contributed by atoms with E-state index in [0.717, 1.165) is 29.7 Å². The molecule has 1 fully saturated rings. The second-order valence-electron chi connectivity index (χ2n) is 4.01. The highest BCUT2D eigenvalue weighted by atomic mass is 79.9. The molecule has 2 unspecified atom stereocenters. The first-order valence-corrected chi connectivity index (χ1v) is 6.89. The first-order chi connectivity index (χ1) is 8.35. The quantitative estimate of drug-likeness (QED) is 0.783. The van der Waals surface area contributed by atoms with Crippen LogP contribution in [0.3, 0.4) is 0 Å². The molecule has 17 heavy (non-hydrogen) atoms. The molecule has 4 heteroatoms. The van der Waals surface area contributed by atoms with Gasteiger partial charge < -0.3 is 14.2 Å². The largest absolute Gasteiger partial charge is 0.496 e. The molecular weight excluding hydrogens is 284 g/mol. The van der Waals surface area contributed by atoms with Gasteiger partial charge >= 0.3 is 0 Å². The number of para-hydroxylation sites is 1. The minimum Gasteiger partial charge on any atom is -0.496 e. The monoisotopic (exact) mass is 300 g/mol. The van der Waals surface area contributed by atoms with Gasteiger partial charge in [-0.15, -0.1) is 0 Å². The highest BCUT2D eigenvalue weighted by molar-refractivity contribution is 9.09. The van der Waals surface area contributed by atoms with Crippen molar-refractivity contribution in [1.82, 2.24) is 0 Å². The predicted molar refractivity (Wildman–Crippen MR) is 69.8 cm³/mol. The molecule has 1 aliphatic heterocycles. The Bertz CT molecular complexity index is 350. The van der Waals surface area contributed by atoms with E-state index in [0.29, 0.717) is 6.61 Å². The third-order valence-electron chi connectivity index (χ3n) is 2.87. The normalized spacial score (nSPS) is 21.4. The molecule has 0 aromatic heterocycles. The van der Waals surface area contributed by atoms with Crippen LogP contribution < -0.4 is 4.74 Å². The van der Waals surface area contributed by atoms with Crippen molar-refractivity contribution >= 4 is 15.9 Å². The maximum absolute atomic E-state index is 6.04. The van der Waals surface area contributed by atoms with Crippen LogP contribution >= 0.6 is 15.9 Å². The van der Waals surface area contributed by atoms with Gasteiger partial charge in [0.15, 0.2) is 0 Å². The van der Waals surface area contributed by atoms with E-state index in [9.17, 15) is 0 Å². The van der Waals surface area contributed by atoms with Gasteiger partial charge in [0, 0.05) is 17.5 Å². The molecule has 1 aliphatic rings. The van der Waals surface area contributed by atoms with Crippen molar-refractivity contribution in [2.45, 2.75) is 18.6 Å². The first-order valence-electron chi connectivity index (χ1n) is 5.77. The second-order valence-corrected chi connectivity index (χ2v) is 4.65. The van der Waals surface area contributed by atoms with Crippen LogP contribution in [0.15, 0.2) is 24.3 Å². The Morgan fingerprint density at radius 2 is 2.29 bits per heavy atom. The van der Waals surface area contributed by atoms with Gasteiger partial charge in [0.1, 0.15) is 5.75 Å². The molecule has 94 valence electrons. The zero-order valence-corrected chi connectivity index (χ0v) is 11.5. The summed E-state index contributed by atoms with van der Waals surface area (Å²) in [6, 6.07) is 7.97. The summed E-state index contributed by atoms with van der Waals surface area (Å²) in [6.45, 7) is 1.49. The van der Waals surface area contributed by atoms with Gasteiger partial charge in [0.2, 0.25) is 0 Å². The summed E-state index contributed by atoms with van der Waals surface area (Å²) in [7, 11) is 1.68. The van der Waals surface area contributed by atoms with Gasteiger partial charge in [-0.25, -0.2) is 0 Å². The average molecular weight is 301 g/mol. The lowest BCUT2D eigenvalue weighted by Crippen LogP contribution is -2.18. The van der Waals surface area contributed by atoms with Crippen molar-refractivity contribution in [2.24, 2.45) is 0 Å². The Kier molecular flexibility index (Phi) is 4.83. The Morgan fingerprint density at radius 3 is 2.94 bits per heavy atom. The summed E-state index contributed by atoms with van der Waals surface area (Å²) in [5, 5.41) is 0.754. The van der Waals surface area contributed by atoms with Gasteiger partial charge in [-0.2, -0.15) is 0 Å². The smallest absolute Gasteiger partial charge is 0.124 e. The van der Waals surface area contributed by atoms with Gasteiger partial charge in [0.25, 0.3) is 0 Å². The minimum absolute atomic E-state index is 0.0119. The van der Waals surface area contributed by atoms with Gasteiger partial charge in [-0.3, -0.25) is 0 Å². The maximum Gasteiger partial charge on any atom is 0.124 e. The minimum atomic E-state index is 0.0119. The standard InChI is InChI=1S/C13H17BrO3/c1-15-12-5-3-2-4-11(12)13(8-14)17-10-6-7-16-9-10/h2-5,10,13H,6-9H2,1H3. The van der Waals surface area contributed by atoms with Crippen molar-refractivity contribution in [1.29, 1.82) is 0 Å². The number of rotatable bonds is 5. The van der Waals surface area contributed by atoms with Crippen LogP contribution in [0.4, 0.5) is 0 Å². The van der Waals surface area contributed by atoms with Crippen molar-refractivity contribution in [3.8, 4) is 5.75 Å². The van der Waals surface area contributed by atoms with E-state index in [1.165, 1.54) is 0 Å². The Balaban J connectivity index is 2.10. The summed E-state index contributed by atoms with van der Waals surface area (Å²) >= 11 is 3.50. The van der Waals surface area contributed by atoms with E-state index in [1.807, 2.05) is 24.3 Å². The molecule has 1 heterocycles. The molecule has 3 nitrogen and oxygen atoms in total. The zero-order valence-electron chi connectivity index (χ0n) is 9.90. The second kappa shape index (κ2) is 6.38. The Hall–Kier alpha value is -0.580. The average Bonchev–Trinajstić information content (AvgIpc) is 2.89. The van der Waals surface area contributed by atoms with Crippen LogP contribution in [0.25, 0.3) is 0 Å². The fourth-order valence-corrected chi connectivity index (χ4v) is 2.48. The maximum atomic E-state index is 6.04. The Labute approximate surface area is 110 Å². The van der Waals surface area contributed by atoms with E-state index < -0.39 is 0 Å². The van der Waals surface area contributed by atoms with Crippen LogP contribution in [-0.4, -0.2) is 31.8 Å². The van der Waals surface area contributed by atoms with E-state index in [4.69, 9.17) is 14.2 Å². The van der Waals surface area contributed by atoms with E-state index in [1.54, 1.807) is 7.11 Å². The molecule has 0 spiro atoms. The molecule has 0 aliphatic carbocycles. The molecule has 0 N–H and O–H groups in total. The number of benzene rings is 1. The zero-order chi connectivity index (χ0) is 12.1. The summed E-state index contributed by atoms with van der Waals surface area (Å²) in [5.74, 6) is 0.871. The van der Waals surface area contributed by atoms with Crippen LogP contribution in [0, 0.1) is 0 Å². The fourth-order valence-electron chi connectivity index (χ4n) is 1.98. The van der Waals surface area contributed by atoms with Crippen molar-refractivity contribution < 1.29 is 14.2 Å². The lowest BCUT2D eigenvalue weighted by atomic mass is 10.1. The van der Waals surface area contributed by atoms with E-state index in [-0.39, 0.29) is 12.2 Å². The predicted octanol–water partition coefficient (Wildman–Crippen LogP) is 2.94. The van der Waals surface area contributed by atoms with E-state index in [2.05, 4.69) is 15.9 Å². The summed E-state index contributed by atoms with van der Waals surface area (Å²) in [5.41, 5.74) is 1.08. The molecule has 1 aromatic carbocycles. The van der Waals surface area contributed by atoms with Crippen LogP contribution in [0.2, 0.25) is 0 Å². The molecule has 2 rings (SSSR count). The van der Waals surface area contributed by atoms with Crippen LogP contribution in [0.5, 0.6) is 5.75 Å². The number of halogens is 1. The number of ether oxygens (including phenoxy) is 3. The molecule has 1 saturated heterocycles. The third kappa shape index (κ3) is 3.21. The molecule has 0 saturated carbocycles. The summed E-state index contributed by atoms with van der Waals surface area (Å²) in [4.78, 5) is 0. The van der Waals surface area contributed by atoms with E-state index >= 15 is 0 Å². The number of hydrogen-bond donors (Lipinski definition) is 0. The molecule has 2 atom stereocenters. The van der Waals surface area contributed by atoms with Gasteiger partial charge in [-0.05, 0) is 12.5 Å². The third-order valence-corrected chi connectivity index (χ3v) is 3.46. The van der Waals surface area contributed by atoms with Crippen LogP contribution in [-0.2, 0) is 9.47 Å². The van der Waals surface area contributed by atoms with Crippen molar-refractivity contribution in [2.75, 3.05) is 25.7 Å². The molecule has 0 amide bonds. The highest BCUT2D eigenvalue weighted by Crippen LogP contribution is 2.30. The van der Waals surface area contributed by atoms with Crippen molar-refractivity contribution in [3.05, 3.63) is 29.8 Å². The van der Waals surface area contributed by atoms with Gasteiger partial charge in [0.05, 0.1) is 25.9 Å². The Morgan fingerprint density at radius 1 is 1.47 bits per heavy atom. The molecule has 1 aromatic rings. The lowest BCUT2D eigenvalue weighted by Gasteiger charge is -2.21. The summed E-state index contributed by atoms with van der Waals surface area (Å²) in [6.07, 6.45) is 1.18. The molecule has 0 bridgehead atoms. The number of methoxy groups -OCH3 is 1. The highest BCUT2D eigenvalue weighted by Gasteiger charge is 2.23. The van der Waals surface area contributed by atoms with Crippen molar-refractivity contribution in [3.63, 3.8) is 0 Å². The topological polar surface area (TPSA) is 27.7 Å². The molecular formula is C13H17BrO3. The van der Waals surface area contributed by atoms with Gasteiger partial charge in [-0.1, -0.05) is 34.1 Å². The molecule has 0 radical (unpaired) electrons. The number of hydrogen-bond acceptors (Lipinski definition) is 3. The van der Waals surface area contributed by atoms with Crippen LogP contribution in [0.1, 0.15) is 18.1 Å². The summed E-state index contributed by atoms with van der Waals surface area (Å²) < 4.78 is 16.7. The fraction of sp³-hybridized carbons (Fsp3) is 0.538. The first kappa shape index (κ1) is 12.9.